The number of hydrogen-bond donors (Lipinski definition) is 1. The van der Waals surface area contributed by atoms with E-state index in [1.807, 2.05) is 19.1 Å². The molecule has 5 nitrogen and oxygen atoms in total. The molecule has 116 valence electrons. The van der Waals surface area contributed by atoms with Gasteiger partial charge in [-0.2, -0.15) is 0 Å². The van der Waals surface area contributed by atoms with Gasteiger partial charge in [-0.05, 0) is 31.9 Å². The zero-order valence-corrected chi connectivity index (χ0v) is 12.8. The van der Waals surface area contributed by atoms with E-state index in [-0.39, 0.29) is 11.9 Å². The Hall–Kier alpha value is -2.17. The third-order valence-electron chi connectivity index (χ3n) is 4.18. The summed E-state index contributed by atoms with van der Waals surface area (Å²) < 4.78 is 5.64. The zero-order valence-electron chi connectivity index (χ0n) is 12.8. The first-order chi connectivity index (χ1) is 10.7. The molecule has 0 aliphatic heterocycles. The maximum absolute atomic E-state index is 12.1. The molecule has 0 bridgehead atoms. The van der Waals surface area contributed by atoms with Crippen LogP contribution in [-0.2, 0) is 0 Å². The van der Waals surface area contributed by atoms with Gasteiger partial charge < -0.3 is 4.42 Å². The van der Waals surface area contributed by atoms with E-state index >= 15 is 0 Å². The number of nitrogens with zero attached hydrogens (tertiary/aromatic N) is 2. The van der Waals surface area contributed by atoms with E-state index in [0.717, 1.165) is 18.4 Å². The van der Waals surface area contributed by atoms with E-state index in [4.69, 9.17) is 4.42 Å². The van der Waals surface area contributed by atoms with Crippen LogP contribution in [0.1, 0.15) is 66.3 Å². The second kappa shape index (κ2) is 6.73. The Balaban J connectivity index is 1.65. The van der Waals surface area contributed by atoms with Crippen molar-refractivity contribution in [2.24, 2.45) is 0 Å². The van der Waals surface area contributed by atoms with Crippen molar-refractivity contribution >= 4 is 11.9 Å². The van der Waals surface area contributed by atoms with Crippen molar-refractivity contribution in [1.29, 1.82) is 0 Å². The number of anilines is 1. The second-order valence-electron chi connectivity index (χ2n) is 5.95. The Bertz CT molecular complexity index is 626. The van der Waals surface area contributed by atoms with Gasteiger partial charge in [0.2, 0.25) is 5.89 Å². The lowest BCUT2D eigenvalue weighted by Crippen LogP contribution is -2.11. The van der Waals surface area contributed by atoms with Crippen LogP contribution in [0.2, 0.25) is 0 Å². The van der Waals surface area contributed by atoms with E-state index in [1.54, 1.807) is 12.1 Å². The lowest BCUT2D eigenvalue weighted by Gasteiger charge is -2.07. The topological polar surface area (TPSA) is 68.0 Å². The predicted octanol–water partition coefficient (Wildman–Crippen LogP) is 4.07. The van der Waals surface area contributed by atoms with Crippen molar-refractivity contribution in [1.82, 2.24) is 10.2 Å². The molecule has 0 radical (unpaired) electrons. The fourth-order valence-corrected chi connectivity index (χ4v) is 2.85. The molecule has 1 aliphatic carbocycles. The van der Waals surface area contributed by atoms with Gasteiger partial charge >= 0.3 is 6.01 Å². The van der Waals surface area contributed by atoms with Gasteiger partial charge in [-0.1, -0.05) is 48.5 Å². The molecular weight excluding hydrogens is 278 g/mol. The highest BCUT2D eigenvalue weighted by atomic mass is 16.4. The molecule has 1 fully saturated rings. The first-order valence-electron chi connectivity index (χ1n) is 7.94. The molecular formula is C17H21N3O2. The van der Waals surface area contributed by atoms with E-state index in [2.05, 4.69) is 15.5 Å². The molecule has 22 heavy (non-hydrogen) atoms. The minimum absolute atomic E-state index is 0.185. The van der Waals surface area contributed by atoms with Gasteiger partial charge in [0, 0.05) is 11.5 Å². The van der Waals surface area contributed by atoms with Gasteiger partial charge in [0.15, 0.2) is 0 Å². The summed E-state index contributed by atoms with van der Waals surface area (Å²) >= 11 is 0. The van der Waals surface area contributed by atoms with Crippen molar-refractivity contribution < 1.29 is 9.21 Å². The summed E-state index contributed by atoms with van der Waals surface area (Å²) in [6.07, 6.45) is 7.15. The van der Waals surface area contributed by atoms with E-state index in [9.17, 15) is 4.79 Å². The Labute approximate surface area is 130 Å². The smallest absolute Gasteiger partial charge is 0.322 e. The van der Waals surface area contributed by atoms with Crippen LogP contribution in [0.5, 0.6) is 0 Å². The first-order valence-corrected chi connectivity index (χ1v) is 7.94. The quantitative estimate of drug-likeness (QED) is 0.867. The third kappa shape index (κ3) is 3.53. The second-order valence-corrected chi connectivity index (χ2v) is 5.95. The normalized spacial score (nSPS) is 16.2. The molecule has 1 N–H and O–H groups in total. The molecule has 1 aromatic carbocycles. The van der Waals surface area contributed by atoms with Crippen molar-refractivity contribution in [3.05, 3.63) is 41.3 Å². The predicted molar refractivity (Wildman–Crippen MR) is 83.9 cm³/mol. The average molecular weight is 299 g/mol. The van der Waals surface area contributed by atoms with Crippen LogP contribution in [0.15, 0.2) is 28.7 Å². The Kier molecular flexibility index (Phi) is 4.51. The van der Waals surface area contributed by atoms with Crippen LogP contribution in [0, 0.1) is 6.92 Å². The third-order valence-corrected chi connectivity index (χ3v) is 4.18. The van der Waals surface area contributed by atoms with E-state index in [1.165, 1.54) is 25.7 Å². The summed E-state index contributed by atoms with van der Waals surface area (Å²) in [5, 5.41) is 10.7. The minimum atomic E-state index is -0.226. The highest BCUT2D eigenvalue weighted by Crippen LogP contribution is 2.31. The van der Waals surface area contributed by atoms with Crippen molar-refractivity contribution in [3.8, 4) is 0 Å². The lowest BCUT2D eigenvalue weighted by molar-refractivity contribution is 0.102. The average Bonchev–Trinajstić information content (AvgIpc) is 2.81. The molecule has 5 heteroatoms. The maximum Gasteiger partial charge on any atom is 0.322 e. The Morgan fingerprint density at radius 3 is 2.45 bits per heavy atom. The zero-order chi connectivity index (χ0) is 15.4. The molecule has 0 saturated heterocycles. The molecule has 1 heterocycles. The van der Waals surface area contributed by atoms with E-state index in [0.29, 0.717) is 17.4 Å². The lowest BCUT2D eigenvalue weighted by atomic mass is 10.0. The summed E-state index contributed by atoms with van der Waals surface area (Å²) in [5.74, 6) is 0.761. The number of rotatable bonds is 3. The number of aromatic nitrogens is 2. The summed E-state index contributed by atoms with van der Waals surface area (Å²) in [5.41, 5.74) is 1.70. The number of carbonyl (C=O) groups is 1. The fourth-order valence-electron chi connectivity index (χ4n) is 2.85. The van der Waals surface area contributed by atoms with Gasteiger partial charge in [0.25, 0.3) is 5.91 Å². The van der Waals surface area contributed by atoms with Crippen LogP contribution in [0.25, 0.3) is 0 Å². The summed E-state index contributed by atoms with van der Waals surface area (Å²) in [7, 11) is 0. The largest absolute Gasteiger partial charge is 0.408 e. The molecule has 2 aromatic rings. The van der Waals surface area contributed by atoms with Crippen LogP contribution in [0.3, 0.4) is 0 Å². The Morgan fingerprint density at radius 2 is 1.77 bits per heavy atom. The van der Waals surface area contributed by atoms with Gasteiger partial charge in [-0.15, -0.1) is 5.10 Å². The van der Waals surface area contributed by atoms with Crippen LogP contribution in [0.4, 0.5) is 6.01 Å². The van der Waals surface area contributed by atoms with Crippen LogP contribution < -0.4 is 5.32 Å². The number of hydrogen-bond acceptors (Lipinski definition) is 4. The van der Waals surface area contributed by atoms with Gasteiger partial charge in [-0.3, -0.25) is 10.1 Å². The molecule has 1 aromatic heterocycles. The summed E-state index contributed by atoms with van der Waals surface area (Å²) in [4.78, 5) is 12.1. The number of amides is 1. The molecule has 1 aliphatic rings. The number of carbonyl (C=O) groups excluding carboxylic acids is 1. The first kappa shape index (κ1) is 14.8. The molecule has 0 unspecified atom stereocenters. The number of nitrogens with one attached hydrogen (secondary N) is 1. The molecule has 1 amide bonds. The minimum Gasteiger partial charge on any atom is -0.408 e. The standard InChI is InChI=1S/C17H21N3O2/c1-12-8-10-13(11-9-12)15(21)18-17-20-19-16(22-17)14-6-4-2-3-5-7-14/h8-11,14H,2-7H2,1H3,(H,18,20,21). The van der Waals surface area contributed by atoms with E-state index < -0.39 is 0 Å². The fraction of sp³-hybridized carbons (Fsp3) is 0.471. The molecule has 3 rings (SSSR count). The molecule has 0 spiro atoms. The van der Waals surface area contributed by atoms with Crippen molar-refractivity contribution in [2.45, 2.75) is 51.4 Å². The van der Waals surface area contributed by atoms with Crippen molar-refractivity contribution in [3.63, 3.8) is 0 Å². The Morgan fingerprint density at radius 1 is 1.09 bits per heavy atom. The number of aryl methyl sites for hydroxylation is 1. The van der Waals surface area contributed by atoms with Gasteiger partial charge in [-0.25, -0.2) is 0 Å². The van der Waals surface area contributed by atoms with Crippen molar-refractivity contribution in [2.75, 3.05) is 5.32 Å². The van der Waals surface area contributed by atoms with Crippen LogP contribution in [-0.4, -0.2) is 16.1 Å². The highest BCUT2D eigenvalue weighted by Gasteiger charge is 2.21. The summed E-state index contributed by atoms with van der Waals surface area (Å²) in [6.45, 7) is 1.98. The van der Waals surface area contributed by atoms with Crippen LogP contribution >= 0.6 is 0 Å². The monoisotopic (exact) mass is 299 g/mol. The maximum atomic E-state index is 12.1. The molecule has 1 saturated carbocycles. The SMILES string of the molecule is Cc1ccc(C(=O)Nc2nnc(C3CCCCCC3)o2)cc1. The summed E-state index contributed by atoms with van der Waals surface area (Å²) in [6, 6.07) is 7.56. The highest BCUT2D eigenvalue weighted by molar-refractivity contribution is 6.03. The number of benzene rings is 1. The van der Waals surface area contributed by atoms with Gasteiger partial charge in [0.05, 0.1) is 0 Å². The molecule has 0 atom stereocenters. The van der Waals surface area contributed by atoms with Gasteiger partial charge in [0.1, 0.15) is 0 Å².